The van der Waals surface area contributed by atoms with Crippen LogP contribution in [0.15, 0.2) is 53.4 Å². The molecule has 8 nitrogen and oxygen atoms in total. The van der Waals surface area contributed by atoms with Crippen LogP contribution in [0.25, 0.3) is 0 Å². The van der Waals surface area contributed by atoms with Crippen LogP contribution in [-0.4, -0.2) is 78.1 Å². The Balaban J connectivity index is 1.35. The molecule has 2 aromatic rings. The number of hydrogen-bond acceptors (Lipinski definition) is 6. The van der Waals surface area contributed by atoms with E-state index in [0.717, 1.165) is 31.2 Å². The van der Waals surface area contributed by atoms with Crippen LogP contribution in [0.4, 0.5) is 4.39 Å². The molecule has 0 spiro atoms. The van der Waals surface area contributed by atoms with Crippen LogP contribution in [0, 0.1) is 17.7 Å². The number of nitrogens with zero attached hydrogens (tertiary/aromatic N) is 2. The molecule has 0 aliphatic heterocycles. The molecule has 0 heterocycles. The Morgan fingerprint density at radius 1 is 1.03 bits per heavy atom. The highest BCUT2D eigenvalue weighted by molar-refractivity contribution is 7.89. The van der Waals surface area contributed by atoms with Gasteiger partial charge in [0, 0.05) is 26.2 Å². The Hall–Kier alpha value is -2.53. The van der Waals surface area contributed by atoms with Gasteiger partial charge in [-0.1, -0.05) is 12.1 Å². The molecule has 2 aromatic carbocycles. The van der Waals surface area contributed by atoms with E-state index in [1.54, 1.807) is 12.1 Å². The lowest BCUT2D eigenvalue weighted by Crippen LogP contribution is -2.36. The monoisotopic (exact) mass is 549 g/mol. The van der Waals surface area contributed by atoms with Crippen molar-refractivity contribution in [3.05, 3.63) is 59.9 Å². The van der Waals surface area contributed by atoms with E-state index in [2.05, 4.69) is 24.3 Å². The smallest absolute Gasteiger partial charge is 0.246 e. The summed E-state index contributed by atoms with van der Waals surface area (Å²) in [5.41, 5.74) is 1.13. The Labute approximate surface area is 226 Å². The van der Waals surface area contributed by atoms with Crippen LogP contribution in [-0.2, 0) is 19.6 Å². The highest BCUT2D eigenvalue weighted by Gasteiger charge is 2.30. The fraction of sp³-hybridized carbons (Fsp3) is 0.536. The van der Waals surface area contributed by atoms with E-state index in [4.69, 9.17) is 9.47 Å². The zero-order chi connectivity index (χ0) is 27.7. The van der Waals surface area contributed by atoms with E-state index in [1.165, 1.54) is 42.7 Å². The molecule has 1 aliphatic carbocycles. The van der Waals surface area contributed by atoms with Crippen molar-refractivity contribution in [3.63, 3.8) is 0 Å². The van der Waals surface area contributed by atoms with Crippen molar-refractivity contribution in [2.24, 2.45) is 11.8 Å². The maximum atomic E-state index is 13.4. The largest absolute Gasteiger partial charge is 0.497 e. The van der Waals surface area contributed by atoms with Gasteiger partial charge in [-0.3, -0.25) is 4.79 Å². The van der Waals surface area contributed by atoms with E-state index in [0.29, 0.717) is 24.1 Å². The van der Waals surface area contributed by atoms with Gasteiger partial charge in [-0.05, 0) is 93.6 Å². The van der Waals surface area contributed by atoms with Gasteiger partial charge in [0.2, 0.25) is 15.9 Å². The predicted molar refractivity (Wildman–Crippen MR) is 145 cm³/mol. The lowest BCUT2D eigenvalue weighted by Gasteiger charge is -2.37. The third kappa shape index (κ3) is 8.23. The standard InChI is InChI=1S/C28H40FN3O5S/c1-31(2)28(23-9-11-24(29)12-10-23)22-7-5-21(6-8-22)19-30-27(33)20-37-18-17-32(3)38(34,35)26-15-13-25(36-4)14-16-26/h9-16,21-22,28H,5-8,17-20H2,1-4H3,(H,30,33). The number of methoxy groups -OCH3 is 1. The molecule has 1 saturated carbocycles. The molecule has 1 atom stereocenters. The molecule has 38 heavy (non-hydrogen) atoms. The van der Waals surface area contributed by atoms with Gasteiger partial charge in [0.25, 0.3) is 0 Å². The first-order chi connectivity index (χ1) is 18.1. The minimum atomic E-state index is -3.65. The second kappa shape index (κ2) is 14.0. The van der Waals surface area contributed by atoms with E-state index >= 15 is 0 Å². The van der Waals surface area contributed by atoms with Gasteiger partial charge < -0.3 is 19.7 Å². The number of hydrogen-bond donors (Lipinski definition) is 1. The third-order valence-corrected chi connectivity index (χ3v) is 9.12. The molecule has 10 heteroatoms. The molecular formula is C28H40FN3O5S. The highest BCUT2D eigenvalue weighted by atomic mass is 32.2. The van der Waals surface area contributed by atoms with Gasteiger partial charge in [0.1, 0.15) is 18.2 Å². The first-order valence-corrected chi connectivity index (χ1v) is 14.4. The van der Waals surface area contributed by atoms with Crippen molar-refractivity contribution in [2.45, 2.75) is 36.6 Å². The van der Waals surface area contributed by atoms with Gasteiger partial charge in [0.15, 0.2) is 0 Å². The number of benzene rings is 2. The number of sulfonamides is 1. The van der Waals surface area contributed by atoms with Gasteiger partial charge in [-0.25, -0.2) is 12.8 Å². The number of carbonyl (C=O) groups excluding carboxylic acids is 1. The number of nitrogens with one attached hydrogen (secondary N) is 1. The van der Waals surface area contributed by atoms with Crippen LogP contribution in [0.2, 0.25) is 0 Å². The van der Waals surface area contributed by atoms with Crippen molar-refractivity contribution in [3.8, 4) is 5.75 Å². The summed E-state index contributed by atoms with van der Waals surface area (Å²) >= 11 is 0. The molecule has 0 saturated heterocycles. The molecular weight excluding hydrogens is 509 g/mol. The first kappa shape index (κ1) is 30.0. The van der Waals surface area contributed by atoms with Gasteiger partial charge in [-0.2, -0.15) is 4.31 Å². The SMILES string of the molecule is COc1ccc(S(=O)(=O)N(C)CCOCC(=O)NCC2CCC(C(c3ccc(F)cc3)N(C)C)CC2)cc1. The lowest BCUT2D eigenvalue weighted by molar-refractivity contribution is -0.126. The number of ether oxygens (including phenoxy) is 2. The Bertz CT molecular complexity index is 1120. The molecule has 210 valence electrons. The average Bonchev–Trinajstić information content (AvgIpc) is 2.91. The highest BCUT2D eigenvalue weighted by Crippen LogP contribution is 2.39. The summed E-state index contributed by atoms with van der Waals surface area (Å²) in [6.07, 6.45) is 4.13. The van der Waals surface area contributed by atoms with Crippen LogP contribution in [0.5, 0.6) is 5.75 Å². The fourth-order valence-corrected chi connectivity index (χ4v) is 6.23. The maximum Gasteiger partial charge on any atom is 0.246 e. The number of halogens is 1. The Morgan fingerprint density at radius 3 is 2.24 bits per heavy atom. The zero-order valence-corrected chi connectivity index (χ0v) is 23.5. The average molecular weight is 550 g/mol. The molecule has 3 rings (SSSR count). The number of amides is 1. The van der Waals surface area contributed by atoms with Gasteiger partial charge in [-0.15, -0.1) is 0 Å². The second-order valence-corrected chi connectivity index (χ2v) is 12.1. The molecule has 0 radical (unpaired) electrons. The van der Waals surface area contributed by atoms with Crippen LogP contribution in [0.1, 0.15) is 37.3 Å². The van der Waals surface area contributed by atoms with Crippen molar-refractivity contribution in [1.29, 1.82) is 0 Å². The molecule has 1 N–H and O–H groups in total. The maximum absolute atomic E-state index is 13.4. The van der Waals surface area contributed by atoms with Crippen LogP contribution < -0.4 is 10.1 Å². The van der Waals surface area contributed by atoms with Crippen molar-refractivity contribution in [2.75, 3.05) is 54.6 Å². The number of likely N-dealkylation sites (N-methyl/N-ethyl adjacent to an activating group) is 1. The zero-order valence-electron chi connectivity index (χ0n) is 22.7. The van der Waals surface area contributed by atoms with Crippen LogP contribution in [0.3, 0.4) is 0 Å². The topological polar surface area (TPSA) is 88.2 Å². The van der Waals surface area contributed by atoms with Gasteiger partial charge >= 0.3 is 0 Å². The minimum absolute atomic E-state index is 0.111. The summed E-state index contributed by atoms with van der Waals surface area (Å²) < 4.78 is 50.4. The van der Waals surface area contributed by atoms with Crippen LogP contribution >= 0.6 is 0 Å². The van der Waals surface area contributed by atoms with E-state index in [9.17, 15) is 17.6 Å². The minimum Gasteiger partial charge on any atom is -0.497 e. The molecule has 0 aromatic heterocycles. The molecule has 1 unspecified atom stereocenters. The summed E-state index contributed by atoms with van der Waals surface area (Å²) in [6.45, 7) is 0.732. The van der Waals surface area contributed by atoms with E-state index in [-0.39, 0.29) is 42.4 Å². The van der Waals surface area contributed by atoms with E-state index < -0.39 is 10.0 Å². The summed E-state index contributed by atoms with van der Waals surface area (Å²) in [4.78, 5) is 14.6. The summed E-state index contributed by atoms with van der Waals surface area (Å²) in [6, 6.07) is 13.2. The Morgan fingerprint density at radius 2 is 1.66 bits per heavy atom. The van der Waals surface area contributed by atoms with Crippen molar-refractivity contribution < 1.29 is 27.1 Å². The first-order valence-electron chi connectivity index (χ1n) is 13.0. The molecule has 1 aliphatic rings. The number of carbonyl (C=O) groups is 1. The lowest BCUT2D eigenvalue weighted by atomic mass is 9.76. The molecule has 1 fully saturated rings. The molecule has 0 bridgehead atoms. The van der Waals surface area contributed by atoms with Gasteiger partial charge in [0.05, 0.1) is 18.6 Å². The van der Waals surface area contributed by atoms with Crippen molar-refractivity contribution in [1.82, 2.24) is 14.5 Å². The number of rotatable bonds is 13. The van der Waals surface area contributed by atoms with E-state index in [1.807, 2.05) is 12.1 Å². The summed E-state index contributed by atoms with van der Waals surface area (Å²) in [5.74, 6) is 1.05. The molecule has 1 amide bonds. The fourth-order valence-electron chi connectivity index (χ4n) is 5.07. The van der Waals surface area contributed by atoms with Crippen molar-refractivity contribution >= 4 is 15.9 Å². The quantitative estimate of drug-likeness (QED) is 0.384. The second-order valence-electron chi connectivity index (χ2n) is 10.1. The summed E-state index contributed by atoms with van der Waals surface area (Å²) in [7, 11) is 3.48. The normalized spacial score (nSPS) is 18.9. The summed E-state index contributed by atoms with van der Waals surface area (Å²) in [5, 5.41) is 2.95. The third-order valence-electron chi connectivity index (χ3n) is 7.24. The Kier molecular flexibility index (Phi) is 11.1. The predicted octanol–water partition coefficient (Wildman–Crippen LogP) is 3.70.